The van der Waals surface area contributed by atoms with E-state index in [0.717, 1.165) is 12.1 Å². The minimum Gasteiger partial charge on any atom is -0.320 e. The number of carbonyl (C=O) groups is 1. The van der Waals surface area contributed by atoms with Gasteiger partial charge in [-0.15, -0.1) is 0 Å². The second-order valence-electron chi connectivity index (χ2n) is 3.80. The quantitative estimate of drug-likeness (QED) is 0.753. The molecule has 0 heterocycles. The van der Waals surface area contributed by atoms with Gasteiger partial charge in [-0.3, -0.25) is 4.79 Å². The zero-order chi connectivity index (χ0) is 14.9. The number of hydrogen-bond donors (Lipinski definition) is 1. The summed E-state index contributed by atoms with van der Waals surface area (Å²) in [7, 11) is 0. The zero-order valence-electron chi connectivity index (χ0n) is 9.68. The maximum absolute atomic E-state index is 13.7. The fourth-order valence-corrected chi connectivity index (χ4v) is 2.59. The molecule has 0 aliphatic carbocycles. The lowest BCUT2D eigenvalue weighted by Gasteiger charge is -2.10. The van der Waals surface area contributed by atoms with Crippen LogP contribution < -0.4 is 5.32 Å². The van der Waals surface area contributed by atoms with Gasteiger partial charge in [-0.1, -0.05) is 29.3 Å². The molecule has 2 aromatic rings. The molecule has 104 valence electrons. The Morgan fingerprint density at radius 1 is 1.15 bits per heavy atom. The van der Waals surface area contributed by atoms with E-state index < -0.39 is 17.5 Å². The highest BCUT2D eigenvalue weighted by Gasteiger charge is 2.17. The number of rotatable bonds is 2. The molecule has 0 unspecified atom stereocenters. The van der Waals surface area contributed by atoms with E-state index in [1.807, 2.05) is 0 Å². The first-order valence-electron chi connectivity index (χ1n) is 5.30. The lowest BCUT2D eigenvalue weighted by Crippen LogP contribution is -2.14. The molecule has 0 radical (unpaired) electrons. The van der Waals surface area contributed by atoms with Crippen molar-refractivity contribution in [2.75, 3.05) is 5.32 Å². The molecule has 2 aromatic carbocycles. The third-order valence-electron chi connectivity index (χ3n) is 2.44. The van der Waals surface area contributed by atoms with Crippen LogP contribution >= 0.6 is 39.1 Å². The molecule has 7 heteroatoms. The monoisotopic (exact) mass is 379 g/mol. The number of halogens is 5. The van der Waals surface area contributed by atoms with Gasteiger partial charge in [-0.2, -0.15) is 0 Å². The Balaban J connectivity index is 2.36. The van der Waals surface area contributed by atoms with Gasteiger partial charge < -0.3 is 5.32 Å². The molecule has 0 atom stereocenters. The van der Waals surface area contributed by atoms with Gasteiger partial charge in [0.25, 0.3) is 5.91 Å². The lowest BCUT2D eigenvalue weighted by atomic mass is 10.2. The first-order valence-corrected chi connectivity index (χ1v) is 6.85. The SMILES string of the molecule is O=C(Nc1c(Cl)cc(F)cc1Br)c1cccc(Cl)c1F. The Labute approximate surface area is 131 Å². The largest absolute Gasteiger partial charge is 0.320 e. The van der Waals surface area contributed by atoms with E-state index in [9.17, 15) is 13.6 Å². The predicted molar refractivity (Wildman–Crippen MR) is 78.5 cm³/mol. The van der Waals surface area contributed by atoms with Crippen LogP contribution in [-0.2, 0) is 0 Å². The number of nitrogens with one attached hydrogen (secondary N) is 1. The summed E-state index contributed by atoms with van der Waals surface area (Å²) in [6, 6.07) is 6.23. The van der Waals surface area contributed by atoms with E-state index in [1.54, 1.807) is 0 Å². The van der Waals surface area contributed by atoms with Gasteiger partial charge in [0, 0.05) is 4.47 Å². The number of carbonyl (C=O) groups excluding carboxylic acids is 1. The van der Waals surface area contributed by atoms with E-state index in [-0.39, 0.29) is 25.8 Å². The first-order chi connectivity index (χ1) is 9.40. The van der Waals surface area contributed by atoms with Crippen LogP contribution in [0.25, 0.3) is 0 Å². The van der Waals surface area contributed by atoms with Gasteiger partial charge in [0.15, 0.2) is 5.82 Å². The van der Waals surface area contributed by atoms with E-state index in [4.69, 9.17) is 23.2 Å². The summed E-state index contributed by atoms with van der Waals surface area (Å²) in [5.41, 5.74) is -0.0813. The molecule has 0 fully saturated rings. The van der Waals surface area contributed by atoms with Gasteiger partial charge in [-0.25, -0.2) is 8.78 Å². The van der Waals surface area contributed by atoms with Crippen molar-refractivity contribution in [1.29, 1.82) is 0 Å². The van der Waals surface area contributed by atoms with Crippen LogP contribution in [0.15, 0.2) is 34.8 Å². The van der Waals surface area contributed by atoms with Crippen LogP contribution in [0.3, 0.4) is 0 Å². The van der Waals surface area contributed by atoms with Crippen LogP contribution in [0.5, 0.6) is 0 Å². The Hall–Kier alpha value is -1.17. The Morgan fingerprint density at radius 2 is 1.85 bits per heavy atom. The molecule has 2 nitrogen and oxygen atoms in total. The average molecular weight is 381 g/mol. The molecule has 0 aliphatic heterocycles. The maximum atomic E-state index is 13.7. The van der Waals surface area contributed by atoms with Crippen molar-refractivity contribution in [1.82, 2.24) is 0 Å². The molecule has 1 amide bonds. The van der Waals surface area contributed by atoms with E-state index in [2.05, 4.69) is 21.2 Å². The molecule has 0 aromatic heterocycles. The van der Waals surface area contributed by atoms with Gasteiger partial charge in [0.2, 0.25) is 0 Å². The number of anilines is 1. The van der Waals surface area contributed by atoms with Crippen molar-refractivity contribution < 1.29 is 13.6 Å². The Kier molecular flexibility index (Phi) is 4.62. The fraction of sp³-hybridized carbons (Fsp3) is 0. The molecule has 0 aliphatic rings. The third-order valence-corrected chi connectivity index (χ3v) is 3.66. The summed E-state index contributed by atoms with van der Waals surface area (Å²) in [5, 5.41) is 2.24. The molecule has 0 saturated carbocycles. The predicted octanol–water partition coefficient (Wildman–Crippen LogP) is 5.29. The van der Waals surface area contributed by atoms with E-state index in [0.29, 0.717) is 0 Å². The normalized spacial score (nSPS) is 10.4. The third kappa shape index (κ3) is 3.11. The molecule has 2 rings (SSSR count). The molecular weight excluding hydrogens is 375 g/mol. The minimum atomic E-state index is -0.832. The Morgan fingerprint density at radius 3 is 2.50 bits per heavy atom. The lowest BCUT2D eigenvalue weighted by molar-refractivity contribution is 0.102. The van der Waals surface area contributed by atoms with Crippen molar-refractivity contribution in [3.8, 4) is 0 Å². The molecule has 0 bridgehead atoms. The number of benzene rings is 2. The van der Waals surface area contributed by atoms with Crippen LogP contribution in [0.2, 0.25) is 10.0 Å². The van der Waals surface area contributed by atoms with Crippen molar-refractivity contribution in [2.45, 2.75) is 0 Å². The van der Waals surface area contributed by atoms with Crippen molar-refractivity contribution >= 4 is 50.7 Å². The summed E-state index contributed by atoms with van der Waals surface area (Å²) in [5.74, 6) is -2.13. The van der Waals surface area contributed by atoms with Gasteiger partial charge in [-0.05, 0) is 40.2 Å². The topological polar surface area (TPSA) is 29.1 Å². The number of amides is 1. The summed E-state index contributed by atoms with van der Waals surface area (Å²) in [6.45, 7) is 0. The van der Waals surface area contributed by atoms with Crippen molar-refractivity contribution in [2.24, 2.45) is 0 Å². The van der Waals surface area contributed by atoms with Gasteiger partial charge >= 0.3 is 0 Å². The molecule has 1 N–H and O–H groups in total. The van der Waals surface area contributed by atoms with Gasteiger partial charge in [0.1, 0.15) is 5.82 Å². The fourth-order valence-electron chi connectivity index (χ4n) is 1.52. The molecular formula is C13H6BrCl2F2NO. The van der Waals surface area contributed by atoms with Crippen LogP contribution in [0, 0.1) is 11.6 Å². The van der Waals surface area contributed by atoms with Crippen LogP contribution in [-0.4, -0.2) is 5.91 Å². The minimum absolute atomic E-state index is 0.00680. The number of hydrogen-bond acceptors (Lipinski definition) is 1. The zero-order valence-corrected chi connectivity index (χ0v) is 12.8. The molecule has 0 saturated heterocycles. The summed E-state index contributed by atoms with van der Waals surface area (Å²) >= 11 is 14.5. The molecule has 0 spiro atoms. The molecule has 20 heavy (non-hydrogen) atoms. The van der Waals surface area contributed by atoms with E-state index >= 15 is 0 Å². The second-order valence-corrected chi connectivity index (χ2v) is 5.47. The smallest absolute Gasteiger partial charge is 0.258 e. The van der Waals surface area contributed by atoms with Crippen molar-refractivity contribution in [3.05, 3.63) is 62.0 Å². The first kappa shape index (κ1) is 15.2. The van der Waals surface area contributed by atoms with E-state index in [1.165, 1.54) is 18.2 Å². The Bertz CT molecular complexity index is 671. The summed E-state index contributed by atoms with van der Waals surface area (Å²) in [6.07, 6.45) is 0. The summed E-state index contributed by atoms with van der Waals surface area (Å²) < 4.78 is 27.1. The highest BCUT2D eigenvalue weighted by Crippen LogP contribution is 2.32. The second kappa shape index (κ2) is 6.08. The highest BCUT2D eigenvalue weighted by atomic mass is 79.9. The van der Waals surface area contributed by atoms with Crippen molar-refractivity contribution in [3.63, 3.8) is 0 Å². The maximum Gasteiger partial charge on any atom is 0.258 e. The highest BCUT2D eigenvalue weighted by molar-refractivity contribution is 9.10. The van der Waals surface area contributed by atoms with Crippen LogP contribution in [0.4, 0.5) is 14.5 Å². The van der Waals surface area contributed by atoms with Crippen LogP contribution in [0.1, 0.15) is 10.4 Å². The van der Waals surface area contributed by atoms with Gasteiger partial charge in [0.05, 0.1) is 21.3 Å². The summed E-state index contributed by atoms with van der Waals surface area (Å²) in [4.78, 5) is 12.0. The standard InChI is InChI=1S/C13H6BrCl2F2NO/c14-8-4-6(17)5-10(16)12(8)19-13(20)7-2-1-3-9(15)11(7)18/h1-5H,(H,19,20). The average Bonchev–Trinajstić information content (AvgIpc) is 2.36.